The van der Waals surface area contributed by atoms with Crippen molar-refractivity contribution in [1.82, 2.24) is 4.90 Å². The molecule has 2 aliphatic heterocycles. The standard InChI is InChI=1S/C10H12NO4S2.Na/c1-3-16-10-8(15-4-12)11-7(14)6(5(2)13)9(11)17-10;/h5-6,9,13H,3H2,1-2H3;/q-1;+1/t5?,6?,9-;/m0./s1. The minimum atomic E-state index is -0.691. The zero-order valence-electron chi connectivity index (χ0n) is 10.4. The molecule has 0 bridgehead atoms. The number of fused-ring (bicyclic) bond motifs is 1. The second-order valence-electron chi connectivity index (χ2n) is 3.69. The Morgan fingerprint density at radius 2 is 2.33 bits per heavy atom. The van der Waals surface area contributed by atoms with E-state index in [1.54, 1.807) is 6.92 Å². The molecule has 2 aliphatic rings. The number of hydrogen-bond donors (Lipinski definition) is 1. The quantitative estimate of drug-likeness (QED) is 0.355. The summed E-state index contributed by atoms with van der Waals surface area (Å²) >= 11 is 2.97. The smallest absolute Gasteiger partial charge is 0.596 e. The Bertz CT molecular complexity index is 388. The molecule has 8 heteroatoms. The van der Waals surface area contributed by atoms with Gasteiger partial charge in [0.05, 0.1) is 23.3 Å². The summed E-state index contributed by atoms with van der Waals surface area (Å²) in [5, 5.41) is 9.36. The van der Waals surface area contributed by atoms with Gasteiger partial charge in [-0.05, 0) is 12.7 Å². The van der Waals surface area contributed by atoms with Crippen LogP contribution in [0.25, 0.3) is 0 Å². The van der Waals surface area contributed by atoms with Crippen LogP contribution in [0.15, 0.2) is 10.1 Å². The van der Waals surface area contributed by atoms with Gasteiger partial charge >= 0.3 is 29.6 Å². The fourth-order valence-corrected chi connectivity index (χ4v) is 4.59. The maximum Gasteiger partial charge on any atom is 1.00 e. The van der Waals surface area contributed by atoms with Crippen LogP contribution in [-0.2, 0) is 14.3 Å². The van der Waals surface area contributed by atoms with Gasteiger partial charge in [0.2, 0.25) is 5.91 Å². The molecule has 0 aromatic heterocycles. The first-order valence-electron chi connectivity index (χ1n) is 5.20. The molecule has 2 heterocycles. The predicted octanol–water partition coefficient (Wildman–Crippen LogP) is -2.13. The van der Waals surface area contributed by atoms with Crippen molar-refractivity contribution >= 4 is 35.9 Å². The fraction of sp³-hybridized carbons (Fsp3) is 0.600. The number of carbonyl (C=O) groups excluding carboxylic acids is 2. The monoisotopic (exact) mass is 297 g/mol. The average molecular weight is 297 g/mol. The second kappa shape index (κ2) is 6.67. The summed E-state index contributed by atoms with van der Waals surface area (Å²) < 4.78 is 5.56. The van der Waals surface area contributed by atoms with Crippen LogP contribution in [0.2, 0.25) is 0 Å². The maximum absolute atomic E-state index is 11.8. The summed E-state index contributed by atoms with van der Waals surface area (Å²) in [5.74, 6) is 0.473. The summed E-state index contributed by atoms with van der Waals surface area (Å²) in [6.07, 6.45) is -0.691. The molecule has 0 aromatic rings. The van der Waals surface area contributed by atoms with Gasteiger partial charge in [-0.3, -0.25) is 4.79 Å². The van der Waals surface area contributed by atoms with Crippen molar-refractivity contribution in [3.63, 3.8) is 0 Å². The Kier molecular flexibility index (Phi) is 6.08. The molecule has 18 heavy (non-hydrogen) atoms. The summed E-state index contributed by atoms with van der Waals surface area (Å²) in [7, 11) is 0. The zero-order chi connectivity index (χ0) is 12.6. The van der Waals surface area contributed by atoms with Crippen LogP contribution in [0.1, 0.15) is 13.8 Å². The molecule has 1 amide bonds. The number of nitrogens with zero attached hydrogens (tertiary/aromatic N) is 1. The van der Waals surface area contributed by atoms with Crippen LogP contribution >= 0.6 is 23.5 Å². The first-order valence-corrected chi connectivity index (χ1v) is 7.07. The molecule has 1 saturated heterocycles. The van der Waals surface area contributed by atoms with Gasteiger partial charge in [-0.1, -0.05) is 6.92 Å². The molecule has 94 valence electrons. The van der Waals surface area contributed by atoms with Crippen molar-refractivity contribution in [3.8, 4) is 0 Å². The number of rotatable bonds is 5. The maximum atomic E-state index is 11.8. The molecule has 2 rings (SSSR count). The van der Waals surface area contributed by atoms with Crippen molar-refractivity contribution in [2.45, 2.75) is 25.3 Å². The minimum absolute atomic E-state index is 0. The molecular weight excluding hydrogens is 285 g/mol. The third kappa shape index (κ3) is 2.62. The Morgan fingerprint density at radius 1 is 1.67 bits per heavy atom. The third-order valence-electron chi connectivity index (χ3n) is 2.64. The molecule has 0 radical (unpaired) electrons. The zero-order valence-corrected chi connectivity index (χ0v) is 14.0. The van der Waals surface area contributed by atoms with Crippen LogP contribution in [0, 0.1) is 5.92 Å². The molecule has 0 spiro atoms. The number of β-lactam (4-membered cyclic amide) rings is 1. The van der Waals surface area contributed by atoms with Crippen molar-refractivity contribution < 1.29 is 49.0 Å². The van der Waals surface area contributed by atoms with Gasteiger partial charge in [0.25, 0.3) is 0 Å². The minimum Gasteiger partial charge on any atom is -0.596 e. The summed E-state index contributed by atoms with van der Waals surface area (Å²) in [6.45, 7) is 4.93. The third-order valence-corrected chi connectivity index (χ3v) is 5.14. The van der Waals surface area contributed by atoms with E-state index in [4.69, 9.17) is 4.74 Å². The normalized spacial score (nSPS) is 27.3. The molecule has 2 unspecified atom stereocenters. The Labute approximate surface area is 136 Å². The topological polar surface area (TPSA) is 66.8 Å². The SMILES string of the molecule is CCSC1=C(O[C-]=O)N2C(=O)C(C(C)O)[C@@H]2S1.[Na+]. The number of carbonyl (C=O) groups is 1. The first kappa shape index (κ1) is 16.4. The summed E-state index contributed by atoms with van der Waals surface area (Å²) in [6, 6.07) is 0. The average Bonchev–Trinajstić information content (AvgIpc) is 2.53. The van der Waals surface area contributed by atoms with Gasteiger partial charge < -0.3 is 19.5 Å². The fourth-order valence-electron chi connectivity index (χ4n) is 1.89. The van der Waals surface area contributed by atoms with Crippen molar-refractivity contribution in [2.75, 3.05) is 5.75 Å². The Balaban J connectivity index is 0.00000162. The van der Waals surface area contributed by atoms with Crippen LogP contribution in [0.5, 0.6) is 0 Å². The number of aliphatic hydroxyl groups excluding tert-OH is 1. The van der Waals surface area contributed by atoms with E-state index in [-0.39, 0.29) is 46.7 Å². The van der Waals surface area contributed by atoms with E-state index >= 15 is 0 Å². The van der Waals surface area contributed by atoms with E-state index in [1.165, 1.54) is 34.9 Å². The van der Waals surface area contributed by atoms with Crippen LogP contribution in [-0.4, -0.2) is 39.6 Å². The number of aliphatic hydroxyl groups is 1. The summed E-state index contributed by atoms with van der Waals surface area (Å²) in [5.41, 5.74) is 0. The molecule has 0 aromatic carbocycles. The van der Waals surface area contributed by atoms with E-state index in [1.807, 2.05) is 6.92 Å². The molecule has 3 atom stereocenters. The van der Waals surface area contributed by atoms with Crippen LogP contribution in [0.4, 0.5) is 0 Å². The van der Waals surface area contributed by atoms with Crippen molar-refractivity contribution in [1.29, 1.82) is 0 Å². The molecule has 1 fully saturated rings. The van der Waals surface area contributed by atoms with Gasteiger partial charge in [-0.25, -0.2) is 0 Å². The molecule has 5 nitrogen and oxygen atoms in total. The summed E-state index contributed by atoms with van der Waals surface area (Å²) in [4.78, 5) is 23.6. The Morgan fingerprint density at radius 3 is 2.83 bits per heavy atom. The molecule has 0 saturated carbocycles. The van der Waals surface area contributed by atoms with E-state index in [0.29, 0.717) is 0 Å². The van der Waals surface area contributed by atoms with E-state index in [9.17, 15) is 14.7 Å². The van der Waals surface area contributed by atoms with Gasteiger partial charge in [0.1, 0.15) is 0 Å². The van der Waals surface area contributed by atoms with Gasteiger partial charge in [0.15, 0.2) is 6.47 Å². The molecule has 1 N–H and O–H groups in total. The van der Waals surface area contributed by atoms with E-state index in [0.717, 1.165) is 9.99 Å². The second-order valence-corrected chi connectivity index (χ2v) is 6.35. The van der Waals surface area contributed by atoms with E-state index in [2.05, 4.69) is 0 Å². The molecular formula is C10H12NNaO4S2. The van der Waals surface area contributed by atoms with Crippen LogP contribution < -0.4 is 29.6 Å². The van der Waals surface area contributed by atoms with Gasteiger partial charge in [0, 0.05) is 4.24 Å². The van der Waals surface area contributed by atoms with Crippen molar-refractivity contribution in [2.24, 2.45) is 5.92 Å². The predicted molar refractivity (Wildman–Crippen MR) is 65.3 cm³/mol. The van der Waals surface area contributed by atoms with E-state index < -0.39 is 12.0 Å². The first-order chi connectivity index (χ1) is 8.11. The van der Waals surface area contributed by atoms with Crippen LogP contribution in [0.3, 0.4) is 0 Å². The largest absolute Gasteiger partial charge is 1.00 e. The van der Waals surface area contributed by atoms with Crippen molar-refractivity contribution in [3.05, 3.63) is 10.1 Å². The number of hydrogen-bond acceptors (Lipinski definition) is 6. The number of ether oxygens (including phenoxy) is 1. The van der Waals surface area contributed by atoms with Gasteiger partial charge in [-0.2, -0.15) is 0 Å². The Hall–Kier alpha value is 0.340. The number of thioether (sulfide) groups is 2. The van der Waals surface area contributed by atoms with Gasteiger partial charge in [-0.15, -0.1) is 23.5 Å². The number of amides is 1. The molecule has 0 aliphatic carbocycles.